The zero-order valence-corrected chi connectivity index (χ0v) is 53.6. The molecule has 0 radical (unpaired) electrons. The van der Waals surface area contributed by atoms with E-state index in [0.717, 1.165) is 90.6 Å². The molecule has 2 saturated carbocycles. The van der Waals surface area contributed by atoms with Crippen molar-refractivity contribution in [1.82, 2.24) is 0 Å². The third-order valence-corrected chi connectivity index (χ3v) is 20.8. The summed E-state index contributed by atoms with van der Waals surface area (Å²) in [6, 6.07) is 78.8. The molecule has 2 fully saturated rings. The molecule has 0 atom stereocenters. The third kappa shape index (κ3) is 9.13. The number of aryl methyl sites for hydroxylation is 2. The van der Waals surface area contributed by atoms with E-state index in [1.54, 1.807) is 0 Å². The molecule has 0 spiro atoms. The number of rotatable bonds is 12. The summed E-state index contributed by atoms with van der Waals surface area (Å²) in [6.45, 7) is 18.4. The van der Waals surface area contributed by atoms with Gasteiger partial charge in [0, 0.05) is 54.8 Å². The molecule has 12 aromatic carbocycles. The van der Waals surface area contributed by atoms with Crippen LogP contribution >= 0.6 is 0 Å². The minimum atomic E-state index is -0.0209. The maximum absolute atomic E-state index is 7.48. The highest BCUT2D eigenvalue weighted by Crippen LogP contribution is 2.56. The van der Waals surface area contributed by atoms with Crippen molar-refractivity contribution in [2.75, 3.05) is 9.80 Å². The second kappa shape index (κ2) is 21.8. The van der Waals surface area contributed by atoms with Crippen LogP contribution in [0.5, 0.6) is 0 Å². The van der Waals surface area contributed by atoms with E-state index in [1.165, 1.54) is 140 Å². The lowest BCUT2D eigenvalue weighted by atomic mass is 9.82. The van der Waals surface area contributed by atoms with E-state index in [4.69, 9.17) is 8.83 Å². The number of benzene rings is 12. The second-order valence-corrected chi connectivity index (χ2v) is 28.2. The zero-order chi connectivity index (χ0) is 61.2. The Bertz CT molecular complexity index is 4750. The second-order valence-electron chi connectivity index (χ2n) is 28.2. The Labute approximate surface area is 530 Å². The first kappa shape index (κ1) is 56.1. The van der Waals surface area contributed by atoms with E-state index in [2.05, 4.69) is 271 Å². The Morgan fingerprint density at radius 2 is 0.678 bits per heavy atom. The first-order chi connectivity index (χ1) is 43.8. The molecular weight excluding hydrogens is 1090 g/mol. The van der Waals surface area contributed by atoms with Crippen LogP contribution < -0.4 is 9.80 Å². The number of hydrogen-bond donors (Lipinski definition) is 0. The topological polar surface area (TPSA) is 32.8 Å². The molecule has 4 nitrogen and oxygen atoms in total. The van der Waals surface area contributed by atoms with Gasteiger partial charge in [-0.05, 0) is 176 Å². The molecule has 0 unspecified atom stereocenters. The molecule has 0 N–H and O–H groups in total. The number of hydrogen-bond acceptors (Lipinski definition) is 4. The van der Waals surface area contributed by atoms with Crippen molar-refractivity contribution in [2.24, 2.45) is 0 Å². The molecule has 446 valence electrons. The standard InChI is InChI=1S/C86H80N2O2/c1-9-53-23-15-17-29-61(53)65-31-19-33-67-69-35-21-37-75(83(69)89-81(65)67)87(59-43-39-57(40-44-59)85(3,4)5)77-51-73(55-25-11-12-26-55)63-48-50-72-78(52-74(56-27-13-14-28-56)64-47-49-71(77)79(63)80(64)72)88(60-45-41-58(42-46-60)86(6,7)8)76-38-22-36-70-68-34-20-32-66(82(68)90-84(70)76)62-30-18-16-24-54(62)10-2/h15-24,29-52,55-56H,9-14,25-28H2,1-8H3. The average Bonchev–Trinajstić information content (AvgIpc) is 1.05. The summed E-state index contributed by atoms with van der Waals surface area (Å²) < 4.78 is 15.0. The Morgan fingerprint density at radius 3 is 1.06 bits per heavy atom. The van der Waals surface area contributed by atoms with Gasteiger partial charge in [-0.25, -0.2) is 0 Å². The molecule has 90 heavy (non-hydrogen) atoms. The van der Waals surface area contributed by atoms with Crippen molar-refractivity contribution in [3.63, 3.8) is 0 Å². The predicted molar refractivity (Wildman–Crippen MR) is 384 cm³/mol. The van der Waals surface area contributed by atoms with Crippen LogP contribution in [0, 0.1) is 0 Å². The number of furan rings is 2. The van der Waals surface area contributed by atoms with Crippen LogP contribution in [-0.2, 0) is 23.7 Å². The van der Waals surface area contributed by atoms with Gasteiger partial charge in [-0.1, -0.05) is 239 Å². The number of fused-ring (bicyclic) bond motifs is 6. The van der Waals surface area contributed by atoms with Crippen LogP contribution in [0.4, 0.5) is 34.1 Å². The van der Waals surface area contributed by atoms with Crippen molar-refractivity contribution >= 4 is 110 Å². The lowest BCUT2D eigenvalue weighted by Gasteiger charge is -2.32. The monoisotopic (exact) mass is 1170 g/mol. The minimum absolute atomic E-state index is 0.0209. The molecule has 0 amide bonds. The molecule has 2 aromatic heterocycles. The summed E-state index contributed by atoms with van der Waals surface area (Å²) in [5, 5.41) is 12.4. The van der Waals surface area contributed by atoms with E-state index in [1.807, 2.05) is 0 Å². The van der Waals surface area contributed by atoms with Crippen LogP contribution in [0.1, 0.15) is 152 Å². The maximum atomic E-state index is 7.48. The third-order valence-electron chi connectivity index (χ3n) is 20.8. The SMILES string of the molecule is CCc1ccccc1-c1cccc2c1oc1c(N(c3ccc(C(C)(C)C)cc3)c3cc(C4CCCC4)c4ccc5c(N(c6ccc(C(C)(C)C)cc6)c6cccc7c6oc6c(-c8ccccc8CC)cccc67)cc(C6CCCC6)c6ccc3c4c65)cccc12. The highest BCUT2D eigenvalue weighted by atomic mass is 16.3. The minimum Gasteiger partial charge on any atom is -0.453 e. The van der Waals surface area contributed by atoms with E-state index in [-0.39, 0.29) is 10.8 Å². The van der Waals surface area contributed by atoms with Crippen molar-refractivity contribution in [3.05, 3.63) is 240 Å². The van der Waals surface area contributed by atoms with E-state index in [0.29, 0.717) is 11.8 Å². The smallest absolute Gasteiger partial charge is 0.159 e. The van der Waals surface area contributed by atoms with Crippen LogP contribution in [0.15, 0.2) is 215 Å². The first-order valence-corrected chi connectivity index (χ1v) is 33.5. The summed E-state index contributed by atoms with van der Waals surface area (Å²) in [4.78, 5) is 5.14. The van der Waals surface area contributed by atoms with Crippen molar-refractivity contribution in [1.29, 1.82) is 0 Å². The molecule has 14 aromatic rings. The van der Waals surface area contributed by atoms with Gasteiger partial charge in [0.1, 0.15) is 11.2 Å². The van der Waals surface area contributed by atoms with Gasteiger partial charge in [0.15, 0.2) is 11.2 Å². The average molecular weight is 1170 g/mol. The normalized spacial score (nSPS) is 14.5. The van der Waals surface area contributed by atoms with Crippen LogP contribution in [0.3, 0.4) is 0 Å². The largest absolute Gasteiger partial charge is 0.453 e. The highest BCUT2D eigenvalue weighted by Gasteiger charge is 2.33. The predicted octanol–water partition coefficient (Wildman–Crippen LogP) is 25.7. The summed E-state index contributed by atoms with van der Waals surface area (Å²) >= 11 is 0. The van der Waals surface area contributed by atoms with Crippen LogP contribution in [0.25, 0.3) is 98.4 Å². The van der Waals surface area contributed by atoms with Gasteiger partial charge in [0.2, 0.25) is 0 Å². The fourth-order valence-electron chi connectivity index (χ4n) is 16.1. The number of anilines is 6. The van der Waals surface area contributed by atoms with Gasteiger partial charge in [0.05, 0.1) is 22.7 Å². The lowest BCUT2D eigenvalue weighted by Crippen LogP contribution is -2.15. The quantitative estimate of drug-likeness (QED) is 0.114. The van der Waals surface area contributed by atoms with Crippen molar-refractivity contribution in [2.45, 2.75) is 142 Å². The van der Waals surface area contributed by atoms with E-state index < -0.39 is 0 Å². The maximum Gasteiger partial charge on any atom is 0.159 e. The van der Waals surface area contributed by atoms with Gasteiger partial charge in [-0.15, -0.1) is 0 Å². The van der Waals surface area contributed by atoms with Crippen LogP contribution in [0.2, 0.25) is 0 Å². The summed E-state index contributed by atoms with van der Waals surface area (Å²) in [5.41, 5.74) is 23.1. The Balaban J connectivity index is 1.00. The Hall–Kier alpha value is -9.12. The van der Waals surface area contributed by atoms with E-state index in [9.17, 15) is 0 Å². The van der Waals surface area contributed by atoms with Crippen molar-refractivity contribution in [3.8, 4) is 22.3 Å². The fourth-order valence-corrected chi connectivity index (χ4v) is 16.1. The molecule has 2 heterocycles. The molecule has 2 aliphatic carbocycles. The van der Waals surface area contributed by atoms with Gasteiger partial charge >= 0.3 is 0 Å². The Kier molecular flexibility index (Phi) is 13.6. The fraction of sp³-hybridized carbons (Fsp3) is 0.256. The molecule has 0 saturated heterocycles. The number of nitrogens with zero attached hydrogens (tertiary/aromatic N) is 2. The molecule has 16 rings (SSSR count). The summed E-state index contributed by atoms with van der Waals surface area (Å²) in [7, 11) is 0. The zero-order valence-electron chi connectivity index (χ0n) is 53.6. The van der Waals surface area contributed by atoms with Gasteiger partial charge in [-0.3, -0.25) is 0 Å². The summed E-state index contributed by atoms with van der Waals surface area (Å²) in [6.07, 6.45) is 11.5. The molecule has 0 bridgehead atoms. The molecule has 2 aliphatic rings. The van der Waals surface area contributed by atoms with Gasteiger partial charge < -0.3 is 18.6 Å². The molecular formula is C86H80N2O2. The summed E-state index contributed by atoms with van der Waals surface area (Å²) in [5.74, 6) is 0.848. The number of para-hydroxylation sites is 4. The van der Waals surface area contributed by atoms with Gasteiger partial charge in [0.25, 0.3) is 0 Å². The van der Waals surface area contributed by atoms with Gasteiger partial charge in [-0.2, -0.15) is 0 Å². The molecule has 0 aliphatic heterocycles. The Morgan fingerprint density at radius 1 is 0.333 bits per heavy atom. The van der Waals surface area contributed by atoms with E-state index >= 15 is 0 Å². The van der Waals surface area contributed by atoms with Crippen molar-refractivity contribution < 1.29 is 8.83 Å². The molecule has 4 heteroatoms. The highest BCUT2D eigenvalue weighted by molar-refractivity contribution is 6.30. The first-order valence-electron chi connectivity index (χ1n) is 33.5. The lowest BCUT2D eigenvalue weighted by molar-refractivity contribution is 0.590. The van der Waals surface area contributed by atoms with Crippen LogP contribution in [-0.4, -0.2) is 0 Å².